The van der Waals surface area contributed by atoms with Crippen LogP contribution in [0.25, 0.3) is 10.4 Å². The van der Waals surface area contributed by atoms with Gasteiger partial charge >= 0.3 is 0 Å². The number of amides is 1. The molecule has 0 aliphatic rings. The molecule has 19 heavy (non-hydrogen) atoms. The highest BCUT2D eigenvalue weighted by Gasteiger charge is 2.02. The molecule has 6 nitrogen and oxygen atoms in total. The van der Waals surface area contributed by atoms with Crippen LogP contribution in [0, 0.1) is 0 Å². The molecule has 1 aromatic carbocycles. The molecule has 0 aromatic heterocycles. The summed E-state index contributed by atoms with van der Waals surface area (Å²) in [6.07, 6.45) is 1.86. The molecule has 6 heteroatoms. The maximum atomic E-state index is 11.6. The van der Waals surface area contributed by atoms with Crippen molar-refractivity contribution in [2.75, 3.05) is 18.5 Å². The minimum Gasteiger partial charge on any atom is -0.494 e. The van der Waals surface area contributed by atoms with Crippen LogP contribution in [0.2, 0.25) is 0 Å². The first-order valence-electron chi connectivity index (χ1n) is 6.30. The monoisotopic (exact) mass is 262 g/mol. The van der Waals surface area contributed by atoms with Crippen LogP contribution in [0.5, 0.6) is 5.75 Å². The van der Waals surface area contributed by atoms with Crippen molar-refractivity contribution < 1.29 is 9.53 Å². The maximum absolute atomic E-state index is 11.6. The molecule has 0 unspecified atom stereocenters. The highest BCUT2D eigenvalue weighted by molar-refractivity contribution is 5.90. The molecule has 0 bridgehead atoms. The Hall–Kier alpha value is -2.20. The number of rotatable bonds is 8. The average Bonchev–Trinajstić information content (AvgIpc) is 2.41. The van der Waals surface area contributed by atoms with Gasteiger partial charge in [0.25, 0.3) is 0 Å². The maximum Gasteiger partial charge on any atom is 0.224 e. The first-order chi connectivity index (χ1) is 9.26. The summed E-state index contributed by atoms with van der Waals surface area (Å²) < 4.78 is 5.32. The van der Waals surface area contributed by atoms with Crippen LogP contribution in [-0.2, 0) is 4.79 Å². The number of hydrogen-bond donors (Lipinski definition) is 1. The number of ether oxygens (including phenoxy) is 1. The van der Waals surface area contributed by atoms with Gasteiger partial charge in [-0.2, -0.15) is 0 Å². The molecule has 1 amide bonds. The van der Waals surface area contributed by atoms with Gasteiger partial charge < -0.3 is 10.1 Å². The van der Waals surface area contributed by atoms with Gasteiger partial charge in [-0.3, -0.25) is 4.79 Å². The third kappa shape index (κ3) is 6.33. The zero-order chi connectivity index (χ0) is 13.9. The van der Waals surface area contributed by atoms with Gasteiger partial charge in [-0.05, 0) is 49.6 Å². The Morgan fingerprint density at radius 1 is 1.37 bits per heavy atom. The number of nitrogens with one attached hydrogen (secondary N) is 1. The molecule has 1 aromatic rings. The fourth-order valence-electron chi connectivity index (χ4n) is 1.54. The Labute approximate surface area is 112 Å². The number of carbonyl (C=O) groups excluding carboxylic acids is 1. The summed E-state index contributed by atoms with van der Waals surface area (Å²) in [6.45, 7) is 2.98. The van der Waals surface area contributed by atoms with Crippen molar-refractivity contribution in [3.63, 3.8) is 0 Å². The van der Waals surface area contributed by atoms with Crippen LogP contribution < -0.4 is 10.1 Å². The number of carbonyl (C=O) groups is 1. The standard InChI is InChI=1S/C13H18N4O2/c1-2-19-12-8-6-11(7-9-12)16-13(18)5-3-4-10-15-17-14/h6-9H,2-5,10H2,1H3,(H,16,18). The zero-order valence-electron chi connectivity index (χ0n) is 11.0. The van der Waals surface area contributed by atoms with Gasteiger partial charge in [0.05, 0.1) is 6.61 Å². The fraction of sp³-hybridized carbons (Fsp3) is 0.462. The highest BCUT2D eigenvalue weighted by Crippen LogP contribution is 2.15. The number of anilines is 1. The van der Waals surface area contributed by atoms with E-state index in [9.17, 15) is 4.79 Å². The van der Waals surface area contributed by atoms with E-state index in [4.69, 9.17) is 10.3 Å². The summed E-state index contributed by atoms with van der Waals surface area (Å²) in [6, 6.07) is 7.26. The third-order valence-corrected chi connectivity index (χ3v) is 2.42. The molecular formula is C13H18N4O2. The van der Waals surface area contributed by atoms with E-state index >= 15 is 0 Å². The number of azide groups is 1. The summed E-state index contributed by atoms with van der Waals surface area (Å²) in [5.74, 6) is 0.750. The van der Waals surface area contributed by atoms with Crippen molar-refractivity contribution in [1.29, 1.82) is 0 Å². The first-order valence-corrected chi connectivity index (χ1v) is 6.30. The fourth-order valence-corrected chi connectivity index (χ4v) is 1.54. The van der Waals surface area contributed by atoms with E-state index < -0.39 is 0 Å². The second-order valence-corrected chi connectivity index (χ2v) is 3.92. The minimum atomic E-state index is -0.0369. The summed E-state index contributed by atoms with van der Waals surface area (Å²) in [5, 5.41) is 6.22. The quantitative estimate of drug-likeness (QED) is 0.336. The van der Waals surface area contributed by atoms with Gasteiger partial charge in [-0.25, -0.2) is 0 Å². The van der Waals surface area contributed by atoms with Gasteiger partial charge in [0.2, 0.25) is 5.91 Å². The van der Waals surface area contributed by atoms with E-state index in [1.165, 1.54) is 0 Å². The van der Waals surface area contributed by atoms with Crippen molar-refractivity contribution in [2.45, 2.75) is 26.2 Å². The Morgan fingerprint density at radius 3 is 2.74 bits per heavy atom. The molecular weight excluding hydrogens is 244 g/mol. The summed E-state index contributed by atoms with van der Waals surface area (Å²) in [7, 11) is 0. The molecule has 0 spiro atoms. The zero-order valence-corrected chi connectivity index (χ0v) is 11.0. The number of benzene rings is 1. The van der Waals surface area contributed by atoms with Gasteiger partial charge in [-0.1, -0.05) is 5.11 Å². The predicted molar refractivity (Wildman–Crippen MR) is 74.1 cm³/mol. The molecule has 0 heterocycles. The molecule has 0 radical (unpaired) electrons. The Balaban J connectivity index is 2.29. The van der Waals surface area contributed by atoms with Gasteiger partial charge in [-0.15, -0.1) is 0 Å². The van der Waals surface area contributed by atoms with Gasteiger partial charge in [0.1, 0.15) is 5.75 Å². The van der Waals surface area contributed by atoms with E-state index in [0.717, 1.165) is 17.9 Å². The molecule has 1 rings (SSSR count). The van der Waals surface area contributed by atoms with E-state index in [-0.39, 0.29) is 5.91 Å². The van der Waals surface area contributed by atoms with Crippen LogP contribution in [-0.4, -0.2) is 19.1 Å². The molecule has 0 aliphatic carbocycles. The van der Waals surface area contributed by atoms with Crippen molar-refractivity contribution in [3.8, 4) is 5.75 Å². The molecule has 0 aliphatic heterocycles. The summed E-state index contributed by atoms with van der Waals surface area (Å²) >= 11 is 0. The Morgan fingerprint density at radius 2 is 2.11 bits per heavy atom. The van der Waals surface area contributed by atoms with E-state index in [1.807, 2.05) is 31.2 Å². The second-order valence-electron chi connectivity index (χ2n) is 3.92. The van der Waals surface area contributed by atoms with Crippen LogP contribution in [0.3, 0.4) is 0 Å². The van der Waals surface area contributed by atoms with Crippen molar-refractivity contribution in [2.24, 2.45) is 5.11 Å². The lowest BCUT2D eigenvalue weighted by molar-refractivity contribution is -0.116. The highest BCUT2D eigenvalue weighted by atomic mass is 16.5. The minimum absolute atomic E-state index is 0.0369. The van der Waals surface area contributed by atoms with E-state index in [2.05, 4.69) is 15.3 Å². The van der Waals surface area contributed by atoms with Gasteiger partial charge in [0, 0.05) is 23.6 Å². The number of hydrogen-bond acceptors (Lipinski definition) is 3. The third-order valence-electron chi connectivity index (χ3n) is 2.42. The average molecular weight is 262 g/mol. The summed E-state index contributed by atoms with van der Waals surface area (Å²) in [4.78, 5) is 14.3. The molecule has 1 N–H and O–H groups in total. The Kier molecular flexibility index (Phi) is 6.90. The number of nitrogens with zero attached hydrogens (tertiary/aromatic N) is 3. The Bertz CT molecular complexity index is 438. The molecule has 0 atom stereocenters. The largest absolute Gasteiger partial charge is 0.494 e. The molecule has 0 saturated heterocycles. The second kappa shape index (κ2) is 8.83. The molecule has 0 saturated carbocycles. The topological polar surface area (TPSA) is 87.1 Å². The van der Waals surface area contributed by atoms with E-state index in [0.29, 0.717) is 26.0 Å². The smallest absolute Gasteiger partial charge is 0.224 e. The van der Waals surface area contributed by atoms with Crippen molar-refractivity contribution in [3.05, 3.63) is 34.7 Å². The lowest BCUT2D eigenvalue weighted by atomic mass is 10.2. The first kappa shape index (κ1) is 14.9. The van der Waals surface area contributed by atoms with E-state index in [1.54, 1.807) is 0 Å². The normalized spacial score (nSPS) is 9.53. The van der Waals surface area contributed by atoms with Crippen molar-refractivity contribution >= 4 is 11.6 Å². The lowest BCUT2D eigenvalue weighted by Gasteiger charge is -2.06. The molecule has 0 fully saturated rings. The van der Waals surface area contributed by atoms with Crippen LogP contribution >= 0.6 is 0 Å². The van der Waals surface area contributed by atoms with Gasteiger partial charge in [0.15, 0.2) is 0 Å². The van der Waals surface area contributed by atoms with Crippen LogP contribution in [0.4, 0.5) is 5.69 Å². The number of unbranched alkanes of at least 4 members (excludes halogenated alkanes) is 1. The molecule has 102 valence electrons. The lowest BCUT2D eigenvalue weighted by Crippen LogP contribution is -2.11. The van der Waals surface area contributed by atoms with Crippen LogP contribution in [0.15, 0.2) is 29.4 Å². The predicted octanol–water partition coefficient (Wildman–Crippen LogP) is 3.50. The summed E-state index contributed by atoms with van der Waals surface area (Å²) in [5.41, 5.74) is 8.85. The van der Waals surface area contributed by atoms with Crippen LogP contribution in [0.1, 0.15) is 26.2 Å². The van der Waals surface area contributed by atoms with Crippen molar-refractivity contribution in [1.82, 2.24) is 0 Å². The SMILES string of the molecule is CCOc1ccc(NC(=O)CCCCN=[N+]=[N-])cc1.